The second kappa shape index (κ2) is 9.17. The lowest BCUT2D eigenvalue weighted by Crippen LogP contribution is -2.29. The molecule has 0 fully saturated rings. The minimum absolute atomic E-state index is 0.150. The van der Waals surface area contributed by atoms with E-state index in [-0.39, 0.29) is 11.9 Å². The van der Waals surface area contributed by atoms with Gasteiger partial charge in [0, 0.05) is 19.3 Å². The number of benzene rings is 1. The maximum atomic E-state index is 12.7. The second-order valence-electron chi connectivity index (χ2n) is 6.56. The third-order valence-electron chi connectivity index (χ3n) is 4.82. The molecular formula is C22H27N5O. The molecule has 1 atom stereocenters. The highest BCUT2D eigenvalue weighted by Crippen LogP contribution is 2.21. The summed E-state index contributed by atoms with van der Waals surface area (Å²) in [6.45, 7) is 7.97. The van der Waals surface area contributed by atoms with Crippen LogP contribution < -0.4 is 10.2 Å². The Hall–Kier alpha value is -3.15. The number of carbonyl (C=O) groups is 1. The van der Waals surface area contributed by atoms with Gasteiger partial charge < -0.3 is 15.2 Å². The Morgan fingerprint density at radius 1 is 1.04 bits per heavy atom. The van der Waals surface area contributed by atoms with E-state index < -0.39 is 0 Å². The highest BCUT2D eigenvalue weighted by atomic mass is 16.1. The van der Waals surface area contributed by atoms with Gasteiger partial charge in [-0.1, -0.05) is 37.3 Å². The number of carbonyl (C=O) groups excluding carboxylic acids is 1. The number of H-pyrrole nitrogens is 1. The Kier molecular flexibility index (Phi) is 6.42. The zero-order valence-electron chi connectivity index (χ0n) is 16.6. The summed E-state index contributed by atoms with van der Waals surface area (Å²) < 4.78 is 0. The van der Waals surface area contributed by atoms with Crippen LogP contribution in [-0.2, 0) is 0 Å². The molecule has 1 aromatic carbocycles. The molecule has 0 bridgehead atoms. The summed E-state index contributed by atoms with van der Waals surface area (Å²) in [4.78, 5) is 27.1. The number of amides is 1. The van der Waals surface area contributed by atoms with E-state index in [1.807, 2.05) is 49.4 Å². The van der Waals surface area contributed by atoms with Crippen molar-refractivity contribution in [2.24, 2.45) is 0 Å². The first kappa shape index (κ1) is 19.6. The summed E-state index contributed by atoms with van der Waals surface area (Å²) in [6.07, 6.45) is 4.17. The van der Waals surface area contributed by atoms with Crippen molar-refractivity contribution in [3.8, 4) is 11.3 Å². The van der Waals surface area contributed by atoms with E-state index in [0.29, 0.717) is 5.56 Å². The van der Waals surface area contributed by atoms with Crippen LogP contribution in [0.4, 0.5) is 5.82 Å². The van der Waals surface area contributed by atoms with Crippen LogP contribution in [-0.4, -0.2) is 33.9 Å². The lowest BCUT2D eigenvalue weighted by atomic mass is 10.1. The molecule has 28 heavy (non-hydrogen) atoms. The third kappa shape index (κ3) is 4.39. The molecule has 2 heterocycles. The van der Waals surface area contributed by atoms with Gasteiger partial charge in [0.05, 0.1) is 23.5 Å². The van der Waals surface area contributed by atoms with Gasteiger partial charge >= 0.3 is 0 Å². The minimum atomic E-state index is -0.188. The number of nitrogens with zero attached hydrogens (tertiary/aromatic N) is 3. The quantitative estimate of drug-likeness (QED) is 0.617. The van der Waals surface area contributed by atoms with Gasteiger partial charge in [-0.25, -0.2) is 9.97 Å². The van der Waals surface area contributed by atoms with Gasteiger partial charge in [-0.05, 0) is 38.0 Å². The number of imidazole rings is 1. The summed E-state index contributed by atoms with van der Waals surface area (Å²) in [5, 5.41) is 3.05. The first-order valence-electron chi connectivity index (χ1n) is 9.78. The van der Waals surface area contributed by atoms with Gasteiger partial charge in [-0.2, -0.15) is 0 Å². The van der Waals surface area contributed by atoms with Crippen LogP contribution in [0, 0.1) is 0 Å². The SMILES string of the molecule is CCC(NC(=O)c1ccc(N(CC)CC)nc1)c1ncc(-c2ccccc2)[nH]1. The highest BCUT2D eigenvalue weighted by Gasteiger charge is 2.18. The first-order chi connectivity index (χ1) is 13.7. The molecule has 6 heteroatoms. The number of rotatable bonds is 8. The number of aromatic nitrogens is 3. The van der Waals surface area contributed by atoms with Crippen LogP contribution in [0.15, 0.2) is 54.9 Å². The molecule has 0 saturated heterocycles. The van der Waals surface area contributed by atoms with E-state index in [9.17, 15) is 4.79 Å². The number of nitrogens with one attached hydrogen (secondary N) is 2. The molecule has 0 aliphatic carbocycles. The van der Waals surface area contributed by atoms with Crippen LogP contribution in [0.2, 0.25) is 0 Å². The van der Waals surface area contributed by atoms with Crippen molar-refractivity contribution >= 4 is 11.7 Å². The number of aromatic amines is 1. The van der Waals surface area contributed by atoms with Gasteiger partial charge in [0.25, 0.3) is 5.91 Å². The summed E-state index contributed by atoms with van der Waals surface area (Å²) in [5.74, 6) is 1.48. The minimum Gasteiger partial charge on any atom is -0.357 e. The lowest BCUT2D eigenvalue weighted by Gasteiger charge is -2.20. The monoisotopic (exact) mass is 377 g/mol. The number of anilines is 1. The van der Waals surface area contributed by atoms with Crippen molar-refractivity contribution in [3.05, 3.63) is 66.2 Å². The summed E-state index contributed by atoms with van der Waals surface area (Å²) in [7, 11) is 0. The fourth-order valence-corrected chi connectivity index (χ4v) is 3.14. The third-order valence-corrected chi connectivity index (χ3v) is 4.82. The predicted molar refractivity (Wildman–Crippen MR) is 112 cm³/mol. The topological polar surface area (TPSA) is 73.9 Å². The fraction of sp³-hybridized carbons (Fsp3) is 0.318. The van der Waals surface area contributed by atoms with Crippen molar-refractivity contribution in [3.63, 3.8) is 0 Å². The molecule has 2 N–H and O–H groups in total. The molecule has 0 aliphatic rings. The standard InChI is InChI=1S/C22H27N5O/c1-4-18(21-24-15-19(25-21)16-10-8-7-9-11-16)26-22(28)17-12-13-20(23-14-17)27(5-2)6-3/h7-15,18H,4-6H2,1-3H3,(H,24,25)(H,26,28). The van der Waals surface area contributed by atoms with Gasteiger partial charge in [0.2, 0.25) is 0 Å². The molecule has 1 unspecified atom stereocenters. The van der Waals surface area contributed by atoms with Crippen LogP contribution in [0.5, 0.6) is 0 Å². The van der Waals surface area contributed by atoms with E-state index in [0.717, 1.165) is 42.4 Å². The van der Waals surface area contributed by atoms with Gasteiger partial charge in [0.15, 0.2) is 0 Å². The van der Waals surface area contributed by atoms with Crippen LogP contribution >= 0.6 is 0 Å². The Morgan fingerprint density at radius 2 is 1.79 bits per heavy atom. The Labute approximate surface area is 166 Å². The van der Waals surface area contributed by atoms with Crippen molar-refractivity contribution in [2.45, 2.75) is 33.2 Å². The zero-order valence-corrected chi connectivity index (χ0v) is 16.6. The Bertz CT molecular complexity index is 885. The number of hydrogen-bond acceptors (Lipinski definition) is 4. The van der Waals surface area contributed by atoms with Crippen LogP contribution in [0.3, 0.4) is 0 Å². The fourth-order valence-electron chi connectivity index (χ4n) is 3.14. The van der Waals surface area contributed by atoms with Crippen molar-refractivity contribution < 1.29 is 4.79 Å². The summed E-state index contributed by atoms with van der Waals surface area (Å²) in [6, 6.07) is 13.5. The average Bonchev–Trinajstić information content (AvgIpc) is 3.24. The zero-order chi connectivity index (χ0) is 19.9. The number of hydrogen-bond donors (Lipinski definition) is 2. The number of pyridine rings is 1. The average molecular weight is 377 g/mol. The first-order valence-corrected chi connectivity index (χ1v) is 9.78. The predicted octanol–water partition coefficient (Wildman–Crippen LogP) is 4.20. The van der Waals surface area contributed by atoms with Gasteiger partial charge in [-0.3, -0.25) is 4.79 Å². The second-order valence-corrected chi connectivity index (χ2v) is 6.56. The van der Waals surface area contributed by atoms with Gasteiger partial charge in [0.1, 0.15) is 11.6 Å². The van der Waals surface area contributed by atoms with Crippen LogP contribution in [0.25, 0.3) is 11.3 Å². The molecule has 3 aromatic rings. The molecule has 0 aliphatic heterocycles. The maximum absolute atomic E-state index is 12.7. The molecule has 3 rings (SSSR count). The molecular weight excluding hydrogens is 350 g/mol. The largest absolute Gasteiger partial charge is 0.357 e. The van der Waals surface area contributed by atoms with E-state index in [2.05, 4.69) is 39.0 Å². The van der Waals surface area contributed by atoms with Crippen LogP contribution in [0.1, 0.15) is 49.4 Å². The van der Waals surface area contributed by atoms with Gasteiger partial charge in [-0.15, -0.1) is 0 Å². The molecule has 146 valence electrons. The van der Waals surface area contributed by atoms with E-state index in [1.165, 1.54) is 0 Å². The molecule has 0 radical (unpaired) electrons. The van der Waals surface area contributed by atoms with E-state index in [4.69, 9.17) is 0 Å². The Balaban J connectivity index is 1.71. The lowest BCUT2D eigenvalue weighted by molar-refractivity contribution is 0.0933. The maximum Gasteiger partial charge on any atom is 0.253 e. The molecule has 0 saturated carbocycles. The van der Waals surface area contributed by atoms with Crippen molar-refractivity contribution in [1.82, 2.24) is 20.3 Å². The smallest absolute Gasteiger partial charge is 0.253 e. The molecule has 0 spiro atoms. The normalized spacial score (nSPS) is 11.8. The summed E-state index contributed by atoms with van der Waals surface area (Å²) in [5.41, 5.74) is 2.55. The van der Waals surface area contributed by atoms with Crippen molar-refractivity contribution in [2.75, 3.05) is 18.0 Å². The van der Waals surface area contributed by atoms with Crippen molar-refractivity contribution in [1.29, 1.82) is 0 Å². The molecule has 1 amide bonds. The highest BCUT2D eigenvalue weighted by molar-refractivity contribution is 5.94. The van der Waals surface area contributed by atoms with E-state index in [1.54, 1.807) is 12.4 Å². The Morgan fingerprint density at radius 3 is 2.39 bits per heavy atom. The molecule has 6 nitrogen and oxygen atoms in total. The molecule has 2 aromatic heterocycles. The summed E-state index contributed by atoms with van der Waals surface area (Å²) >= 11 is 0. The van der Waals surface area contributed by atoms with E-state index >= 15 is 0 Å².